The van der Waals surface area contributed by atoms with E-state index in [4.69, 9.17) is 20.8 Å². The zero-order valence-corrected chi connectivity index (χ0v) is 12.6. The van der Waals surface area contributed by atoms with E-state index >= 15 is 0 Å². The van der Waals surface area contributed by atoms with E-state index in [1.807, 2.05) is 6.92 Å². The molecule has 21 heavy (non-hydrogen) atoms. The highest BCUT2D eigenvalue weighted by atomic mass is 35.5. The number of amides is 1. The van der Waals surface area contributed by atoms with Crippen molar-refractivity contribution in [2.24, 2.45) is 0 Å². The largest absolute Gasteiger partial charge is 0.450 e. The number of hydrogen-bond acceptors (Lipinski definition) is 4. The van der Waals surface area contributed by atoms with E-state index in [1.165, 1.54) is 0 Å². The summed E-state index contributed by atoms with van der Waals surface area (Å²) in [6, 6.07) is 5.13. The van der Waals surface area contributed by atoms with Crippen molar-refractivity contribution in [3.05, 3.63) is 39.7 Å². The van der Waals surface area contributed by atoms with E-state index in [0.29, 0.717) is 29.1 Å². The molecule has 1 amide bonds. The monoisotopic (exact) mass is 309 g/mol. The Morgan fingerprint density at radius 1 is 1.43 bits per heavy atom. The minimum atomic E-state index is -0.547. The molecule has 0 aliphatic carbocycles. The Balaban J connectivity index is 2.43. The molecule has 112 valence electrons. The van der Waals surface area contributed by atoms with Crippen molar-refractivity contribution in [2.45, 2.75) is 20.3 Å². The summed E-state index contributed by atoms with van der Waals surface area (Å²) in [6.07, 6.45) is -0.0798. The van der Waals surface area contributed by atoms with Crippen LogP contribution in [-0.4, -0.2) is 18.6 Å². The number of rotatable bonds is 4. The lowest BCUT2D eigenvalue weighted by Gasteiger charge is -2.09. The Labute approximate surface area is 126 Å². The molecule has 0 aliphatic heterocycles. The van der Waals surface area contributed by atoms with Gasteiger partial charge in [-0.3, -0.25) is 5.32 Å². The molecule has 1 N–H and O–H groups in total. The minimum absolute atomic E-state index is 0.287. The van der Waals surface area contributed by atoms with Crippen LogP contribution in [0.3, 0.4) is 0 Å². The first-order valence-electron chi connectivity index (χ1n) is 6.63. The average molecular weight is 310 g/mol. The van der Waals surface area contributed by atoms with Crippen LogP contribution in [0.1, 0.15) is 18.1 Å². The average Bonchev–Trinajstić information content (AvgIpc) is 2.43. The number of anilines is 1. The number of aryl methyl sites for hydroxylation is 1. The van der Waals surface area contributed by atoms with Gasteiger partial charge in [-0.2, -0.15) is 0 Å². The summed E-state index contributed by atoms with van der Waals surface area (Å²) < 4.78 is 10.1. The van der Waals surface area contributed by atoms with Crippen LogP contribution >= 0.6 is 11.6 Å². The van der Waals surface area contributed by atoms with Crippen molar-refractivity contribution < 1.29 is 13.9 Å². The second-order valence-electron chi connectivity index (χ2n) is 4.49. The molecule has 1 heterocycles. The molecule has 0 saturated heterocycles. The maximum absolute atomic E-state index is 11.9. The van der Waals surface area contributed by atoms with Gasteiger partial charge in [-0.25, -0.2) is 9.59 Å². The molecule has 1 aromatic heterocycles. The van der Waals surface area contributed by atoms with E-state index in [2.05, 4.69) is 5.32 Å². The van der Waals surface area contributed by atoms with Gasteiger partial charge in [-0.05, 0) is 38.0 Å². The van der Waals surface area contributed by atoms with Crippen LogP contribution in [0.25, 0.3) is 11.0 Å². The van der Waals surface area contributed by atoms with E-state index in [0.717, 1.165) is 10.9 Å². The molecule has 2 aromatic rings. The fourth-order valence-electron chi connectivity index (χ4n) is 2.14. The summed E-state index contributed by atoms with van der Waals surface area (Å²) in [5, 5.41) is 3.39. The molecule has 0 fully saturated rings. The van der Waals surface area contributed by atoms with Crippen molar-refractivity contribution in [3.63, 3.8) is 0 Å². The quantitative estimate of drug-likeness (QED) is 0.694. The summed E-state index contributed by atoms with van der Waals surface area (Å²) in [6.45, 7) is 3.87. The maximum Gasteiger partial charge on any atom is 0.411 e. The lowest BCUT2D eigenvalue weighted by molar-refractivity contribution is 0.168. The van der Waals surface area contributed by atoms with E-state index in [9.17, 15) is 9.59 Å². The molecule has 0 unspecified atom stereocenters. The van der Waals surface area contributed by atoms with Crippen LogP contribution < -0.4 is 10.9 Å². The van der Waals surface area contributed by atoms with Gasteiger partial charge in [0.05, 0.1) is 6.61 Å². The molecule has 5 nitrogen and oxygen atoms in total. The van der Waals surface area contributed by atoms with Crippen molar-refractivity contribution in [1.82, 2.24) is 0 Å². The Kier molecular flexibility index (Phi) is 4.85. The number of halogens is 1. The first-order valence-corrected chi connectivity index (χ1v) is 7.16. The zero-order valence-electron chi connectivity index (χ0n) is 11.9. The lowest BCUT2D eigenvalue weighted by atomic mass is 10.0. The van der Waals surface area contributed by atoms with Crippen LogP contribution in [0.5, 0.6) is 0 Å². The topological polar surface area (TPSA) is 68.5 Å². The molecule has 0 saturated carbocycles. The number of nitrogens with one attached hydrogen (secondary N) is 1. The molecule has 0 aliphatic rings. The smallest absolute Gasteiger partial charge is 0.411 e. The molecule has 0 radical (unpaired) electrons. The third-order valence-corrected chi connectivity index (χ3v) is 3.34. The Morgan fingerprint density at radius 3 is 2.86 bits per heavy atom. The standard InChI is InChI=1S/C15H16ClNO4/c1-3-20-15(19)17-10-4-5-11-9(2)12(6-7-16)14(18)21-13(11)8-10/h4-5,8H,3,6-7H2,1-2H3,(H,17,19). The van der Waals surface area contributed by atoms with Crippen molar-refractivity contribution in [2.75, 3.05) is 17.8 Å². The third-order valence-electron chi connectivity index (χ3n) is 3.15. The van der Waals surface area contributed by atoms with E-state index < -0.39 is 11.7 Å². The molecule has 0 spiro atoms. The highest BCUT2D eigenvalue weighted by Crippen LogP contribution is 2.23. The van der Waals surface area contributed by atoms with Crippen LogP contribution in [-0.2, 0) is 11.2 Å². The molecule has 2 rings (SSSR count). The van der Waals surface area contributed by atoms with E-state index in [-0.39, 0.29) is 6.61 Å². The Bertz CT molecular complexity index is 723. The van der Waals surface area contributed by atoms with Crippen molar-refractivity contribution in [1.29, 1.82) is 0 Å². The second-order valence-corrected chi connectivity index (χ2v) is 4.87. The molecule has 0 atom stereocenters. The fraction of sp³-hybridized carbons (Fsp3) is 0.333. The van der Waals surface area contributed by atoms with Crippen LogP contribution in [0, 0.1) is 6.92 Å². The fourth-order valence-corrected chi connectivity index (χ4v) is 2.33. The van der Waals surface area contributed by atoms with Gasteiger partial charge in [-0.15, -0.1) is 11.6 Å². The third kappa shape index (κ3) is 3.36. The summed E-state index contributed by atoms with van der Waals surface area (Å²) >= 11 is 5.70. The van der Waals surface area contributed by atoms with Crippen molar-refractivity contribution >= 4 is 34.4 Å². The van der Waals surface area contributed by atoms with Gasteiger partial charge in [-0.1, -0.05) is 0 Å². The number of carbonyl (C=O) groups is 1. The maximum atomic E-state index is 11.9. The number of alkyl halides is 1. The van der Waals surface area contributed by atoms with Crippen LogP contribution in [0.15, 0.2) is 27.4 Å². The predicted octanol–water partition coefficient (Wildman–Crippen LogP) is 3.45. The molecular weight excluding hydrogens is 294 g/mol. The summed E-state index contributed by atoms with van der Waals surface area (Å²) in [5.41, 5.74) is 1.97. The number of hydrogen-bond donors (Lipinski definition) is 1. The predicted molar refractivity (Wildman–Crippen MR) is 82.3 cm³/mol. The zero-order chi connectivity index (χ0) is 15.4. The Morgan fingerprint density at radius 2 is 2.19 bits per heavy atom. The first-order chi connectivity index (χ1) is 10.1. The summed E-state index contributed by atoms with van der Waals surface area (Å²) in [5.74, 6) is 0.361. The van der Waals surface area contributed by atoms with Gasteiger partial charge in [0, 0.05) is 28.6 Å². The van der Waals surface area contributed by atoms with E-state index in [1.54, 1.807) is 25.1 Å². The SMILES string of the molecule is CCOC(=O)Nc1ccc2c(C)c(CCCl)c(=O)oc2c1. The van der Waals surface area contributed by atoms with Crippen molar-refractivity contribution in [3.8, 4) is 0 Å². The number of benzene rings is 1. The van der Waals surface area contributed by atoms with Gasteiger partial charge in [0.15, 0.2) is 0 Å². The number of ether oxygens (including phenoxy) is 1. The van der Waals surface area contributed by atoms with Gasteiger partial charge in [0.1, 0.15) is 5.58 Å². The van der Waals surface area contributed by atoms with Crippen LogP contribution in [0.2, 0.25) is 0 Å². The first kappa shape index (κ1) is 15.4. The summed E-state index contributed by atoms with van der Waals surface area (Å²) in [7, 11) is 0. The molecule has 0 bridgehead atoms. The summed E-state index contributed by atoms with van der Waals surface area (Å²) in [4.78, 5) is 23.3. The minimum Gasteiger partial charge on any atom is -0.450 e. The van der Waals surface area contributed by atoms with Gasteiger partial charge in [0.2, 0.25) is 0 Å². The normalized spacial score (nSPS) is 10.6. The van der Waals surface area contributed by atoms with Gasteiger partial charge in [0.25, 0.3) is 0 Å². The Hall–Kier alpha value is -2.01. The molecule has 1 aromatic carbocycles. The van der Waals surface area contributed by atoms with Gasteiger partial charge >= 0.3 is 11.7 Å². The number of carbonyl (C=O) groups excluding carboxylic acids is 1. The highest BCUT2D eigenvalue weighted by Gasteiger charge is 2.12. The second kappa shape index (κ2) is 6.63. The molecule has 6 heteroatoms. The van der Waals surface area contributed by atoms with Gasteiger partial charge < -0.3 is 9.15 Å². The molecular formula is C15H16ClNO4. The van der Waals surface area contributed by atoms with Crippen LogP contribution in [0.4, 0.5) is 10.5 Å². The number of fused-ring (bicyclic) bond motifs is 1. The lowest BCUT2D eigenvalue weighted by Crippen LogP contribution is -2.14. The highest BCUT2D eigenvalue weighted by molar-refractivity contribution is 6.18.